The molecule has 0 saturated carbocycles. The topological polar surface area (TPSA) is 90.5 Å². The Morgan fingerprint density at radius 2 is 2.00 bits per heavy atom. The number of nitrogens with one attached hydrogen (secondary N) is 3. The van der Waals surface area contributed by atoms with Crippen molar-refractivity contribution in [1.82, 2.24) is 20.9 Å². The van der Waals surface area contributed by atoms with Gasteiger partial charge in [-0.3, -0.25) is 19.7 Å². The van der Waals surface area contributed by atoms with E-state index in [-0.39, 0.29) is 24.1 Å². The van der Waals surface area contributed by atoms with Crippen LogP contribution in [0.5, 0.6) is 0 Å². The Morgan fingerprint density at radius 1 is 1.19 bits per heavy atom. The Hall–Kier alpha value is -2.25. The van der Waals surface area contributed by atoms with Crippen molar-refractivity contribution in [3.05, 3.63) is 34.9 Å². The number of unbranched alkanes of at least 4 members (excludes halogenated alkanes) is 1. The van der Waals surface area contributed by atoms with Gasteiger partial charge in [0.2, 0.25) is 11.8 Å². The Morgan fingerprint density at radius 3 is 2.77 bits per heavy atom. The van der Waals surface area contributed by atoms with E-state index in [1.807, 2.05) is 25.2 Å². The van der Waals surface area contributed by atoms with E-state index in [1.54, 1.807) is 4.90 Å². The molecule has 3 N–H and O–H groups in total. The summed E-state index contributed by atoms with van der Waals surface area (Å²) in [5.41, 5.74) is 2.75. The number of hydrogen-bond donors (Lipinski definition) is 3. The molecule has 1 atom stereocenters. The summed E-state index contributed by atoms with van der Waals surface area (Å²) in [6, 6.07) is 5.30. The lowest BCUT2D eigenvalue weighted by Crippen LogP contribution is -2.52. The van der Waals surface area contributed by atoms with Crippen LogP contribution in [-0.4, -0.2) is 48.8 Å². The maximum absolute atomic E-state index is 12.6. The zero-order valence-corrected chi connectivity index (χ0v) is 15.1. The summed E-state index contributed by atoms with van der Waals surface area (Å²) in [6.07, 6.45) is 2.93. The predicted octanol–water partition coefficient (Wildman–Crippen LogP) is 0.537. The second kappa shape index (κ2) is 8.42. The third kappa shape index (κ3) is 4.11. The van der Waals surface area contributed by atoms with E-state index < -0.39 is 6.04 Å². The van der Waals surface area contributed by atoms with Gasteiger partial charge in [-0.15, -0.1) is 0 Å². The second-order valence-corrected chi connectivity index (χ2v) is 6.88. The Bertz CT molecular complexity index is 704. The van der Waals surface area contributed by atoms with Gasteiger partial charge >= 0.3 is 0 Å². The highest BCUT2D eigenvalue weighted by Crippen LogP contribution is 2.28. The molecule has 2 aliphatic heterocycles. The van der Waals surface area contributed by atoms with Gasteiger partial charge in [-0.1, -0.05) is 12.1 Å². The summed E-state index contributed by atoms with van der Waals surface area (Å²) in [6.45, 7) is 3.18. The highest BCUT2D eigenvalue weighted by molar-refractivity contribution is 6.05. The molecule has 140 valence electrons. The Kier molecular flexibility index (Phi) is 6.00. The van der Waals surface area contributed by atoms with Crippen LogP contribution < -0.4 is 16.0 Å². The maximum atomic E-state index is 12.6. The minimum absolute atomic E-state index is 0.124. The SMILES string of the molecule is CNCCCCNCc1ccc2c(c1)CN(C1CCC(=O)NC1=O)C2=O. The minimum Gasteiger partial charge on any atom is -0.322 e. The number of amides is 3. The molecule has 3 rings (SSSR count). The molecule has 1 aromatic rings. The maximum Gasteiger partial charge on any atom is 0.255 e. The molecule has 0 aliphatic carbocycles. The van der Waals surface area contributed by atoms with E-state index in [4.69, 9.17) is 0 Å². The van der Waals surface area contributed by atoms with Gasteiger partial charge in [-0.2, -0.15) is 0 Å². The molecule has 3 amide bonds. The lowest BCUT2D eigenvalue weighted by molar-refractivity contribution is -0.136. The van der Waals surface area contributed by atoms with Crippen LogP contribution in [0.1, 0.15) is 47.2 Å². The van der Waals surface area contributed by atoms with E-state index >= 15 is 0 Å². The highest BCUT2D eigenvalue weighted by atomic mass is 16.2. The molecule has 7 nitrogen and oxygen atoms in total. The van der Waals surface area contributed by atoms with Gasteiger partial charge in [0, 0.05) is 25.1 Å². The van der Waals surface area contributed by atoms with Crippen LogP contribution in [0.3, 0.4) is 0 Å². The third-order valence-electron chi connectivity index (χ3n) is 4.95. The van der Waals surface area contributed by atoms with E-state index in [9.17, 15) is 14.4 Å². The summed E-state index contributed by atoms with van der Waals surface area (Å²) in [7, 11) is 1.96. The van der Waals surface area contributed by atoms with Crippen LogP contribution in [0.25, 0.3) is 0 Å². The lowest BCUT2D eigenvalue weighted by Gasteiger charge is -2.29. The molecule has 0 spiro atoms. The molecular formula is C19H26N4O3. The molecule has 1 aromatic carbocycles. The number of carbonyl (C=O) groups is 3. The highest BCUT2D eigenvalue weighted by Gasteiger charge is 2.38. The predicted molar refractivity (Wildman–Crippen MR) is 97.4 cm³/mol. The second-order valence-electron chi connectivity index (χ2n) is 6.88. The first-order valence-electron chi connectivity index (χ1n) is 9.22. The van der Waals surface area contributed by atoms with Crippen molar-refractivity contribution in [1.29, 1.82) is 0 Å². The third-order valence-corrected chi connectivity index (χ3v) is 4.95. The molecule has 0 radical (unpaired) electrons. The van der Waals surface area contributed by atoms with Gasteiger partial charge in [-0.05, 0) is 56.6 Å². The van der Waals surface area contributed by atoms with Gasteiger partial charge in [0.1, 0.15) is 6.04 Å². The normalized spacial score (nSPS) is 19.7. The average molecular weight is 358 g/mol. The van der Waals surface area contributed by atoms with Crippen molar-refractivity contribution in [2.75, 3.05) is 20.1 Å². The fraction of sp³-hybridized carbons (Fsp3) is 0.526. The van der Waals surface area contributed by atoms with Crippen molar-refractivity contribution in [2.45, 2.75) is 44.8 Å². The molecule has 26 heavy (non-hydrogen) atoms. The van der Waals surface area contributed by atoms with Crippen LogP contribution in [0, 0.1) is 0 Å². The Balaban J connectivity index is 1.58. The number of rotatable bonds is 8. The van der Waals surface area contributed by atoms with E-state index in [0.717, 1.165) is 43.6 Å². The van der Waals surface area contributed by atoms with Crippen molar-refractivity contribution in [3.63, 3.8) is 0 Å². The molecule has 1 fully saturated rings. The zero-order valence-electron chi connectivity index (χ0n) is 15.1. The van der Waals surface area contributed by atoms with Crippen LogP contribution in [0.15, 0.2) is 18.2 Å². The van der Waals surface area contributed by atoms with Crippen molar-refractivity contribution >= 4 is 17.7 Å². The smallest absolute Gasteiger partial charge is 0.255 e. The fourth-order valence-electron chi connectivity index (χ4n) is 3.52. The largest absolute Gasteiger partial charge is 0.322 e. The summed E-state index contributed by atoms with van der Waals surface area (Å²) >= 11 is 0. The molecule has 1 unspecified atom stereocenters. The molecule has 7 heteroatoms. The van der Waals surface area contributed by atoms with Crippen molar-refractivity contribution in [3.8, 4) is 0 Å². The number of benzene rings is 1. The van der Waals surface area contributed by atoms with E-state index in [2.05, 4.69) is 16.0 Å². The number of piperidine rings is 1. The fourth-order valence-corrected chi connectivity index (χ4v) is 3.52. The minimum atomic E-state index is -0.554. The molecule has 0 bridgehead atoms. The molecular weight excluding hydrogens is 332 g/mol. The van der Waals surface area contributed by atoms with Crippen LogP contribution in [-0.2, 0) is 22.7 Å². The van der Waals surface area contributed by atoms with Gasteiger partial charge in [-0.25, -0.2) is 0 Å². The van der Waals surface area contributed by atoms with Crippen LogP contribution in [0.4, 0.5) is 0 Å². The number of carbonyl (C=O) groups excluding carboxylic acids is 3. The van der Waals surface area contributed by atoms with Crippen LogP contribution >= 0.6 is 0 Å². The number of hydrogen-bond acceptors (Lipinski definition) is 5. The van der Waals surface area contributed by atoms with Crippen molar-refractivity contribution in [2.24, 2.45) is 0 Å². The van der Waals surface area contributed by atoms with Gasteiger partial charge in [0.25, 0.3) is 5.91 Å². The van der Waals surface area contributed by atoms with Gasteiger partial charge in [0.15, 0.2) is 0 Å². The molecule has 1 saturated heterocycles. The molecule has 0 aromatic heterocycles. The average Bonchev–Trinajstić information content (AvgIpc) is 2.94. The summed E-state index contributed by atoms with van der Waals surface area (Å²) < 4.78 is 0. The first-order valence-corrected chi connectivity index (χ1v) is 9.22. The van der Waals surface area contributed by atoms with Crippen molar-refractivity contribution < 1.29 is 14.4 Å². The molecule has 2 heterocycles. The van der Waals surface area contributed by atoms with E-state index in [0.29, 0.717) is 18.5 Å². The monoisotopic (exact) mass is 358 g/mol. The van der Waals surface area contributed by atoms with Gasteiger partial charge in [0.05, 0.1) is 0 Å². The summed E-state index contributed by atoms with van der Waals surface area (Å²) in [5.74, 6) is -0.759. The first kappa shape index (κ1) is 18.5. The first-order chi connectivity index (χ1) is 12.6. The molecule has 2 aliphatic rings. The van der Waals surface area contributed by atoms with Crippen LogP contribution in [0.2, 0.25) is 0 Å². The van der Waals surface area contributed by atoms with E-state index in [1.165, 1.54) is 0 Å². The lowest BCUT2D eigenvalue weighted by atomic mass is 10.0. The van der Waals surface area contributed by atoms with Gasteiger partial charge < -0.3 is 15.5 Å². The number of imide groups is 1. The number of nitrogens with zero attached hydrogens (tertiary/aromatic N) is 1. The Labute approximate surface area is 153 Å². The summed E-state index contributed by atoms with van der Waals surface area (Å²) in [4.78, 5) is 37.6. The standard InChI is InChI=1S/C19H26N4O3/c1-20-8-2-3-9-21-11-13-4-5-15-14(10-13)12-23(19(15)26)16-6-7-17(24)22-18(16)25/h4-5,10,16,20-21H,2-3,6-9,11-12H2,1H3,(H,22,24,25). The number of fused-ring (bicyclic) bond motifs is 1. The zero-order chi connectivity index (χ0) is 18.5. The summed E-state index contributed by atoms with van der Waals surface area (Å²) in [5, 5.41) is 8.88. The quantitative estimate of drug-likeness (QED) is 0.466.